The Morgan fingerprint density at radius 1 is 1.47 bits per heavy atom. The summed E-state index contributed by atoms with van der Waals surface area (Å²) in [6.07, 6.45) is 2.48. The predicted octanol–water partition coefficient (Wildman–Crippen LogP) is 2.92. The Labute approximate surface area is 88.5 Å². The third kappa shape index (κ3) is 1.89. The maximum Gasteiger partial charge on any atom is 0.187 e. The van der Waals surface area contributed by atoms with Gasteiger partial charge in [0, 0.05) is 6.42 Å². The van der Waals surface area contributed by atoms with Gasteiger partial charge in [-0.05, 0) is 11.6 Å². The fraction of sp³-hybridized carbons (Fsp3) is 0.167. The van der Waals surface area contributed by atoms with Crippen molar-refractivity contribution < 1.29 is 4.84 Å². The topological polar surface area (TPSA) is 25.9 Å². The second-order valence-electron chi connectivity index (χ2n) is 3.28. The summed E-state index contributed by atoms with van der Waals surface area (Å²) < 4.78 is 0. The van der Waals surface area contributed by atoms with Crippen LogP contribution < -0.4 is 0 Å². The molecule has 1 aliphatic rings. The summed E-state index contributed by atoms with van der Waals surface area (Å²) in [4.78, 5) is 8.47. The van der Waals surface area contributed by atoms with Crippen molar-refractivity contribution in [1.82, 2.24) is 0 Å². The van der Waals surface area contributed by atoms with E-state index in [2.05, 4.69) is 16.6 Å². The zero-order valence-corrected chi connectivity index (χ0v) is 8.18. The Bertz CT molecular complexity index is 440. The molecule has 1 aliphatic heterocycles. The highest BCUT2D eigenvalue weighted by Gasteiger charge is 2.18. The molecule has 1 atom stereocenters. The van der Waals surface area contributed by atoms with Crippen LogP contribution in [0.3, 0.4) is 0 Å². The molecule has 1 heterocycles. The van der Waals surface area contributed by atoms with E-state index in [-0.39, 0.29) is 6.10 Å². The summed E-state index contributed by atoms with van der Waals surface area (Å²) >= 11 is 0. The van der Waals surface area contributed by atoms with Crippen LogP contribution in [0.25, 0.3) is 4.85 Å². The second-order valence-corrected chi connectivity index (χ2v) is 3.28. The first kappa shape index (κ1) is 9.47. The number of rotatable bonds is 2. The number of oxime groups is 1. The summed E-state index contributed by atoms with van der Waals surface area (Å²) in [6, 6.07) is 7.35. The van der Waals surface area contributed by atoms with Gasteiger partial charge in [0.2, 0.25) is 0 Å². The van der Waals surface area contributed by atoms with E-state index in [1.807, 2.05) is 12.1 Å². The van der Waals surface area contributed by atoms with Gasteiger partial charge >= 0.3 is 0 Å². The predicted molar refractivity (Wildman–Crippen MR) is 58.9 cm³/mol. The molecule has 1 aromatic rings. The number of nitrogens with zero attached hydrogens (tertiary/aromatic N) is 2. The molecule has 1 unspecified atom stereocenters. The summed E-state index contributed by atoms with van der Waals surface area (Å²) in [5.74, 6) is 0. The minimum atomic E-state index is -0.0134. The molecule has 0 fully saturated rings. The van der Waals surface area contributed by atoms with Crippen molar-refractivity contribution in [1.29, 1.82) is 0 Å². The van der Waals surface area contributed by atoms with Gasteiger partial charge in [-0.1, -0.05) is 36.0 Å². The van der Waals surface area contributed by atoms with E-state index in [1.54, 1.807) is 18.2 Å². The summed E-state index contributed by atoms with van der Waals surface area (Å²) in [5, 5.41) is 3.98. The van der Waals surface area contributed by atoms with E-state index in [0.29, 0.717) is 5.69 Å². The maximum absolute atomic E-state index is 6.84. The molecule has 15 heavy (non-hydrogen) atoms. The van der Waals surface area contributed by atoms with Crippen LogP contribution >= 0.6 is 0 Å². The van der Waals surface area contributed by atoms with Crippen LogP contribution in [0.1, 0.15) is 12.0 Å². The van der Waals surface area contributed by atoms with Crippen molar-refractivity contribution in [2.75, 3.05) is 0 Å². The first-order valence-electron chi connectivity index (χ1n) is 4.66. The largest absolute Gasteiger partial charge is 0.388 e. The van der Waals surface area contributed by atoms with Crippen LogP contribution in [0.4, 0.5) is 5.69 Å². The number of benzene rings is 1. The monoisotopic (exact) mass is 198 g/mol. The van der Waals surface area contributed by atoms with Gasteiger partial charge in [0.05, 0.1) is 12.3 Å². The van der Waals surface area contributed by atoms with E-state index in [1.165, 1.54) is 0 Å². The lowest BCUT2D eigenvalue weighted by atomic mass is 10.0. The Morgan fingerprint density at radius 2 is 2.20 bits per heavy atom. The highest BCUT2D eigenvalue weighted by molar-refractivity contribution is 6.01. The van der Waals surface area contributed by atoms with Crippen LogP contribution in [-0.2, 0) is 4.84 Å². The van der Waals surface area contributed by atoms with Crippen molar-refractivity contribution in [3.8, 4) is 0 Å². The highest BCUT2D eigenvalue weighted by Crippen LogP contribution is 2.19. The average molecular weight is 198 g/mol. The van der Waals surface area contributed by atoms with Crippen molar-refractivity contribution in [3.05, 3.63) is 53.9 Å². The second kappa shape index (κ2) is 3.97. The zero-order chi connectivity index (χ0) is 10.7. The van der Waals surface area contributed by atoms with E-state index in [4.69, 9.17) is 11.4 Å². The van der Waals surface area contributed by atoms with E-state index in [9.17, 15) is 0 Å². The lowest BCUT2D eigenvalue weighted by molar-refractivity contribution is 0.120. The van der Waals surface area contributed by atoms with Gasteiger partial charge in [-0.3, -0.25) is 0 Å². The molecule has 0 amide bonds. The van der Waals surface area contributed by atoms with Gasteiger partial charge in [-0.2, -0.15) is 0 Å². The van der Waals surface area contributed by atoms with Gasteiger partial charge in [-0.15, -0.1) is 0 Å². The van der Waals surface area contributed by atoms with E-state index < -0.39 is 0 Å². The molecule has 0 saturated heterocycles. The molecule has 0 aromatic heterocycles. The molecule has 0 bridgehead atoms. The highest BCUT2D eigenvalue weighted by atomic mass is 16.6. The Balaban J connectivity index is 2.18. The fourth-order valence-corrected chi connectivity index (χ4v) is 1.42. The van der Waals surface area contributed by atoms with Crippen molar-refractivity contribution in [2.45, 2.75) is 12.5 Å². The van der Waals surface area contributed by atoms with Gasteiger partial charge in [0.25, 0.3) is 0 Å². The molecule has 1 aromatic carbocycles. The molecule has 0 spiro atoms. The molecule has 0 radical (unpaired) electrons. The molecule has 0 saturated carbocycles. The number of hydrogen-bond donors (Lipinski definition) is 0. The van der Waals surface area contributed by atoms with Crippen molar-refractivity contribution in [3.63, 3.8) is 0 Å². The lowest BCUT2D eigenvalue weighted by Gasteiger charge is -1.99. The van der Waals surface area contributed by atoms with Gasteiger partial charge in [0.15, 0.2) is 11.8 Å². The third-order valence-electron chi connectivity index (χ3n) is 2.29. The molecule has 3 heteroatoms. The standard InChI is InChI=1S/C12H10N2O/c1-3-11-8-12(14-15-11)9-4-6-10(13-2)7-5-9/h3-7,11H,1,8H2. The van der Waals surface area contributed by atoms with Gasteiger partial charge in [-0.25, -0.2) is 4.85 Å². The molecular formula is C12H10N2O. The Kier molecular flexibility index (Phi) is 2.51. The Hall–Kier alpha value is -2.08. The molecule has 74 valence electrons. The summed E-state index contributed by atoms with van der Waals surface area (Å²) in [7, 11) is 0. The minimum Gasteiger partial charge on any atom is -0.388 e. The van der Waals surface area contributed by atoms with Crippen LogP contribution in [0.5, 0.6) is 0 Å². The molecule has 3 nitrogen and oxygen atoms in total. The van der Waals surface area contributed by atoms with Gasteiger partial charge in [0.1, 0.15) is 0 Å². The van der Waals surface area contributed by atoms with Crippen LogP contribution in [-0.4, -0.2) is 11.8 Å². The molecule has 0 N–H and O–H groups in total. The van der Waals surface area contributed by atoms with E-state index >= 15 is 0 Å². The van der Waals surface area contributed by atoms with Gasteiger partial charge < -0.3 is 4.84 Å². The van der Waals surface area contributed by atoms with Crippen molar-refractivity contribution in [2.24, 2.45) is 5.16 Å². The van der Waals surface area contributed by atoms with Crippen LogP contribution in [0, 0.1) is 6.57 Å². The minimum absolute atomic E-state index is 0.0134. The van der Waals surface area contributed by atoms with Crippen molar-refractivity contribution >= 4 is 11.4 Å². The molecular weight excluding hydrogens is 188 g/mol. The lowest BCUT2D eigenvalue weighted by Crippen LogP contribution is -2.04. The summed E-state index contributed by atoms with van der Waals surface area (Å²) in [5.41, 5.74) is 2.56. The van der Waals surface area contributed by atoms with E-state index in [0.717, 1.165) is 17.7 Å². The Morgan fingerprint density at radius 3 is 2.73 bits per heavy atom. The molecule has 2 rings (SSSR count). The average Bonchev–Trinajstić information content (AvgIpc) is 2.78. The third-order valence-corrected chi connectivity index (χ3v) is 2.29. The van der Waals surface area contributed by atoms with Crippen LogP contribution in [0.2, 0.25) is 0 Å². The number of hydrogen-bond acceptors (Lipinski definition) is 2. The summed E-state index contributed by atoms with van der Waals surface area (Å²) in [6.45, 7) is 10.5. The normalized spacial score (nSPS) is 18.9. The molecule has 0 aliphatic carbocycles. The van der Waals surface area contributed by atoms with Crippen LogP contribution in [0.15, 0.2) is 42.1 Å². The zero-order valence-electron chi connectivity index (χ0n) is 8.18. The smallest absolute Gasteiger partial charge is 0.187 e. The first-order valence-corrected chi connectivity index (χ1v) is 4.66. The first-order chi connectivity index (χ1) is 7.33. The quantitative estimate of drug-likeness (QED) is 0.530. The SMILES string of the molecule is [C-]#[N+]c1ccc(C2=NOC(C=C)C2)cc1. The maximum atomic E-state index is 6.84. The fourth-order valence-electron chi connectivity index (χ4n) is 1.42.